The molecule has 2 aliphatic rings. The molecule has 8 nitrogen and oxygen atoms in total. The topological polar surface area (TPSA) is 91.1 Å². The van der Waals surface area contributed by atoms with E-state index in [1.54, 1.807) is 19.1 Å². The van der Waals surface area contributed by atoms with Crippen LogP contribution in [0.1, 0.15) is 24.3 Å². The largest absolute Gasteiger partial charge is 0.464 e. The van der Waals surface area contributed by atoms with E-state index in [9.17, 15) is 14.9 Å². The lowest BCUT2D eigenvalue weighted by atomic mass is 9.96. The Labute approximate surface area is 198 Å². The molecule has 9 heteroatoms. The summed E-state index contributed by atoms with van der Waals surface area (Å²) in [6, 6.07) is 19.8. The predicted molar refractivity (Wildman–Crippen MR) is 123 cm³/mol. The van der Waals surface area contributed by atoms with Crippen LogP contribution < -0.4 is 9.64 Å². The van der Waals surface area contributed by atoms with Gasteiger partial charge in [-0.2, -0.15) is 0 Å². The molecule has 0 radical (unpaired) electrons. The fourth-order valence-electron chi connectivity index (χ4n) is 4.33. The summed E-state index contributed by atoms with van der Waals surface area (Å²) in [5.74, 6) is -1.51. The molecule has 2 bridgehead atoms. The van der Waals surface area contributed by atoms with Crippen molar-refractivity contribution in [3.63, 3.8) is 0 Å². The number of fused-ring (bicyclic) bond motifs is 4. The van der Waals surface area contributed by atoms with Gasteiger partial charge in [-0.1, -0.05) is 34.1 Å². The Bertz CT molecular complexity index is 1220. The second-order valence-electron chi connectivity index (χ2n) is 7.62. The fourth-order valence-corrected chi connectivity index (χ4v) is 4.59. The maximum atomic E-state index is 13.4. The third-order valence-electron chi connectivity index (χ3n) is 5.74. The second-order valence-corrected chi connectivity index (χ2v) is 8.54. The van der Waals surface area contributed by atoms with Crippen molar-refractivity contribution in [2.75, 3.05) is 11.5 Å². The molecule has 168 valence electrons. The van der Waals surface area contributed by atoms with Crippen LogP contribution in [0.3, 0.4) is 0 Å². The maximum absolute atomic E-state index is 13.4. The van der Waals surface area contributed by atoms with Gasteiger partial charge in [0.2, 0.25) is 6.04 Å². The van der Waals surface area contributed by atoms with Crippen molar-refractivity contribution >= 4 is 33.3 Å². The van der Waals surface area contributed by atoms with Gasteiger partial charge in [-0.25, -0.2) is 4.79 Å². The summed E-state index contributed by atoms with van der Waals surface area (Å²) in [5, 5.41) is 11.2. The predicted octanol–water partition coefficient (Wildman–Crippen LogP) is 5.07. The highest BCUT2D eigenvalue weighted by atomic mass is 79.9. The van der Waals surface area contributed by atoms with Crippen molar-refractivity contribution in [2.45, 2.75) is 25.0 Å². The number of hydrogen-bond acceptors (Lipinski definition) is 7. The minimum atomic E-state index is -1.56. The van der Waals surface area contributed by atoms with E-state index in [2.05, 4.69) is 15.9 Å². The average Bonchev–Trinajstić information content (AvgIpc) is 3.10. The number of carbonyl (C=O) groups is 1. The zero-order valence-corrected chi connectivity index (χ0v) is 19.1. The summed E-state index contributed by atoms with van der Waals surface area (Å²) >= 11 is 3.45. The Kier molecular flexibility index (Phi) is 5.30. The zero-order chi connectivity index (χ0) is 23.2. The highest BCUT2D eigenvalue weighted by Gasteiger charge is 2.64. The van der Waals surface area contributed by atoms with E-state index < -0.39 is 28.9 Å². The van der Waals surface area contributed by atoms with Gasteiger partial charge in [0.05, 0.1) is 11.5 Å². The van der Waals surface area contributed by atoms with Crippen LogP contribution in [0.2, 0.25) is 0 Å². The number of carbonyl (C=O) groups excluding carboxylic acids is 1. The van der Waals surface area contributed by atoms with Gasteiger partial charge in [-0.05, 0) is 49.4 Å². The molecule has 33 heavy (non-hydrogen) atoms. The number of benzene rings is 3. The molecule has 3 aromatic rings. The third kappa shape index (κ3) is 3.44. The molecule has 0 saturated carbocycles. The Morgan fingerprint density at radius 3 is 2.48 bits per heavy atom. The number of halogens is 1. The molecule has 0 N–H and O–H groups in total. The van der Waals surface area contributed by atoms with Gasteiger partial charge in [0, 0.05) is 33.4 Å². The molecule has 1 saturated heterocycles. The first kappa shape index (κ1) is 21.4. The molecular formula is C24H19BrN2O6. The molecule has 1 fully saturated rings. The molecule has 3 atom stereocenters. The van der Waals surface area contributed by atoms with Crippen molar-refractivity contribution in [1.29, 1.82) is 0 Å². The molecule has 0 unspecified atom stereocenters. The summed E-state index contributed by atoms with van der Waals surface area (Å²) in [7, 11) is 0. The van der Waals surface area contributed by atoms with Crippen molar-refractivity contribution in [2.24, 2.45) is 0 Å². The van der Waals surface area contributed by atoms with Crippen molar-refractivity contribution in [3.05, 3.63) is 98.5 Å². The average molecular weight is 511 g/mol. The maximum Gasteiger partial charge on any atom is 0.336 e. The van der Waals surface area contributed by atoms with Crippen LogP contribution in [0.4, 0.5) is 11.4 Å². The minimum Gasteiger partial charge on any atom is -0.464 e. The number of rotatable bonds is 5. The Hall–Kier alpha value is -3.43. The summed E-state index contributed by atoms with van der Waals surface area (Å²) in [5.41, 5.74) is 1.92. The highest BCUT2D eigenvalue weighted by molar-refractivity contribution is 9.10. The van der Waals surface area contributed by atoms with Gasteiger partial charge in [-0.15, -0.1) is 0 Å². The number of esters is 1. The van der Waals surface area contributed by atoms with E-state index in [4.69, 9.17) is 14.2 Å². The molecule has 5 rings (SSSR count). The van der Waals surface area contributed by atoms with Crippen molar-refractivity contribution in [1.82, 2.24) is 0 Å². The van der Waals surface area contributed by atoms with E-state index in [1.165, 1.54) is 12.1 Å². The number of ether oxygens (including phenoxy) is 3. The second kappa shape index (κ2) is 8.17. The summed E-state index contributed by atoms with van der Waals surface area (Å²) < 4.78 is 19.3. The van der Waals surface area contributed by atoms with Crippen LogP contribution in [0.15, 0.2) is 77.3 Å². The van der Waals surface area contributed by atoms with Gasteiger partial charge < -0.3 is 19.1 Å². The van der Waals surface area contributed by atoms with Crippen LogP contribution in [-0.2, 0) is 20.1 Å². The minimum absolute atomic E-state index is 0.0710. The van der Waals surface area contributed by atoms with E-state index >= 15 is 0 Å². The van der Waals surface area contributed by atoms with Crippen molar-refractivity contribution in [3.8, 4) is 5.75 Å². The van der Waals surface area contributed by atoms with Gasteiger partial charge in [0.25, 0.3) is 11.5 Å². The lowest BCUT2D eigenvalue weighted by Crippen LogP contribution is -2.52. The third-order valence-corrected chi connectivity index (χ3v) is 6.27. The number of anilines is 1. The normalized spacial score (nSPS) is 22.9. The summed E-state index contributed by atoms with van der Waals surface area (Å²) in [6.07, 6.45) is -0.638. The molecule has 0 aliphatic carbocycles. The van der Waals surface area contributed by atoms with Gasteiger partial charge in [-0.3, -0.25) is 10.1 Å². The monoisotopic (exact) mass is 510 g/mol. The lowest BCUT2D eigenvalue weighted by Gasteiger charge is -2.36. The van der Waals surface area contributed by atoms with Gasteiger partial charge >= 0.3 is 5.97 Å². The number of hydrogen-bond donors (Lipinski definition) is 0. The van der Waals surface area contributed by atoms with E-state index in [1.807, 2.05) is 53.4 Å². The van der Waals surface area contributed by atoms with E-state index in [0.29, 0.717) is 11.3 Å². The number of nitrogens with zero attached hydrogens (tertiary/aromatic N) is 2. The lowest BCUT2D eigenvalue weighted by molar-refractivity contribution is -0.384. The SMILES string of the molecule is CCOC(=O)[C@@H]1N(c2ccc(Br)cc2)[C@H]2O[C@]1(c1ccc([N+](=O)[O-])cc1)Oc1ccccc12. The molecule has 0 amide bonds. The molecule has 0 aromatic heterocycles. The first-order valence-electron chi connectivity index (χ1n) is 10.4. The van der Waals surface area contributed by atoms with E-state index in [0.717, 1.165) is 15.7 Å². The molecule has 2 aliphatic heterocycles. The van der Waals surface area contributed by atoms with E-state index in [-0.39, 0.29) is 12.3 Å². The number of non-ortho nitro benzene ring substituents is 1. The Morgan fingerprint density at radius 1 is 1.12 bits per heavy atom. The summed E-state index contributed by atoms with van der Waals surface area (Å²) in [6.45, 7) is 1.91. The Morgan fingerprint density at radius 2 is 1.82 bits per heavy atom. The van der Waals surface area contributed by atoms with Crippen LogP contribution in [-0.4, -0.2) is 23.5 Å². The quantitative estimate of drug-likeness (QED) is 0.268. The van der Waals surface area contributed by atoms with Gasteiger partial charge in [0.1, 0.15) is 5.75 Å². The highest BCUT2D eigenvalue weighted by Crippen LogP contribution is 2.55. The first-order chi connectivity index (χ1) is 15.9. The van der Waals surface area contributed by atoms with Crippen LogP contribution in [0, 0.1) is 10.1 Å². The molecule has 2 heterocycles. The number of nitro groups is 1. The standard InChI is InChI=1S/C24H19BrN2O6/c1-2-31-23(28)21-24(15-7-11-18(12-8-15)27(29)30)32-20-6-4-3-5-19(20)22(33-24)26(21)17-13-9-16(25)10-14-17/h3-14,21-22H,2H2,1H3/t21-,22-,24-/m0/s1. The summed E-state index contributed by atoms with van der Waals surface area (Å²) in [4.78, 5) is 26.0. The first-order valence-corrected chi connectivity index (χ1v) is 11.1. The zero-order valence-electron chi connectivity index (χ0n) is 17.5. The molecule has 0 spiro atoms. The van der Waals surface area contributed by atoms with Crippen LogP contribution in [0.25, 0.3) is 0 Å². The molecular weight excluding hydrogens is 492 g/mol. The fraction of sp³-hybridized carbons (Fsp3) is 0.208. The van der Waals surface area contributed by atoms with Gasteiger partial charge in [0.15, 0.2) is 6.23 Å². The number of nitro benzene ring substituents is 1. The van der Waals surface area contributed by atoms with Crippen molar-refractivity contribution < 1.29 is 23.9 Å². The smallest absolute Gasteiger partial charge is 0.336 e. The van der Waals surface area contributed by atoms with Crippen LogP contribution >= 0.6 is 15.9 Å². The number of para-hydroxylation sites is 1. The van der Waals surface area contributed by atoms with Crippen LogP contribution in [0.5, 0.6) is 5.75 Å². The Balaban J connectivity index is 1.73. The molecule has 3 aromatic carbocycles.